The second kappa shape index (κ2) is 12.3. The van der Waals surface area contributed by atoms with Crippen LogP contribution in [0.25, 0.3) is 0 Å². The van der Waals surface area contributed by atoms with Gasteiger partial charge in [0.2, 0.25) is 10.0 Å². The van der Waals surface area contributed by atoms with Crippen molar-refractivity contribution in [3.8, 4) is 5.75 Å². The number of hydrazone groups is 1. The molecule has 1 amide bonds. The highest BCUT2D eigenvalue weighted by Crippen LogP contribution is 2.21. The number of hydrogen-bond acceptors (Lipinski definition) is 5. The van der Waals surface area contributed by atoms with Crippen LogP contribution >= 0.6 is 11.6 Å². The van der Waals surface area contributed by atoms with Crippen molar-refractivity contribution in [2.75, 3.05) is 13.2 Å². The summed E-state index contributed by atoms with van der Waals surface area (Å²) in [7, 11) is -3.97. The Kier molecular flexibility index (Phi) is 9.19. The molecular weight excluding hydrogens is 486 g/mol. The molecule has 0 radical (unpaired) electrons. The van der Waals surface area contributed by atoms with Crippen LogP contribution in [0, 0.1) is 6.92 Å². The molecule has 3 aromatic carbocycles. The number of aryl methyl sites for hydroxylation is 1. The molecule has 0 aliphatic heterocycles. The van der Waals surface area contributed by atoms with Gasteiger partial charge in [0.15, 0.2) is 0 Å². The smallest absolute Gasteiger partial charge is 0.255 e. The first-order valence-electron chi connectivity index (χ1n) is 10.7. The summed E-state index contributed by atoms with van der Waals surface area (Å²) in [4.78, 5) is 12.7. The Balaban J connectivity index is 1.71. The molecule has 0 aromatic heterocycles. The Morgan fingerprint density at radius 3 is 2.34 bits per heavy atom. The number of sulfonamides is 1. The summed E-state index contributed by atoms with van der Waals surface area (Å²) in [5.74, 6) is 0.113. The average molecular weight is 512 g/mol. The molecule has 0 spiro atoms. The van der Waals surface area contributed by atoms with Gasteiger partial charge in [-0.25, -0.2) is 13.8 Å². The third-order valence-corrected chi connectivity index (χ3v) is 6.96. The van der Waals surface area contributed by atoms with E-state index in [0.29, 0.717) is 17.4 Å². The van der Waals surface area contributed by atoms with Crippen molar-refractivity contribution >= 4 is 33.7 Å². The Morgan fingerprint density at radius 1 is 1.06 bits per heavy atom. The highest BCUT2D eigenvalue weighted by atomic mass is 35.5. The van der Waals surface area contributed by atoms with Gasteiger partial charge >= 0.3 is 0 Å². The molecular formula is C26H26ClN3O4S. The van der Waals surface area contributed by atoms with Crippen molar-refractivity contribution in [2.24, 2.45) is 5.10 Å². The van der Waals surface area contributed by atoms with Crippen molar-refractivity contribution in [3.05, 3.63) is 107 Å². The molecule has 1 N–H and O–H groups in total. The number of benzene rings is 3. The number of hydrogen-bond donors (Lipinski definition) is 1. The van der Waals surface area contributed by atoms with Gasteiger partial charge in [0, 0.05) is 11.6 Å². The number of carbonyl (C=O) groups is 1. The van der Waals surface area contributed by atoms with E-state index in [1.807, 2.05) is 31.2 Å². The molecule has 35 heavy (non-hydrogen) atoms. The van der Waals surface area contributed by atoms with E-state index >= 15 is 0 Å². The maximum Gasteiger partial charge on any atom is 0.255 e. The molecule has 0 aliphatic rings. The van der Waals surface area contributed by atoms with Gasteiger partial charge < -0.3 is 4.74 Å². The Hall–Kier alpha value is -3.46. The van der Waals surface area contributed by atoms with E-state index < -0.39 is 22.5 Å². The van der Waals surface area contributed by atoms with E-state index in [1.165, 1.54) is 30.5 Å². The zero-order chi connectivity index (χ0) is 25.3. The van der Waals surface area contributed by atoms with Crippen LogP contribution < -0.4 is 10.2 Å². The van der Waals surface area contributed by atoms with Crippen LogP contribution in [0.15, 0.2) is 95.4 Å². The number of amides is 1. The molecule has 0 atom stereocenters. The molecule has 0 saturated heterocycles. The number of halogens is 1. The van der Waals surface area contributed by atoms with E-state index in [2.05, 4.69) is 17.1 Å². The Bertz CT molecular complexity index is 1270. The molecule has 0 bridgehead atoms. The number of ether oxygens (including phenoxy) is 1. The van der Waals surface area contributed by atoms with E-state index in [4.69, 9.17) is 16.3 Å². The normalized spacial score (nSPS) is 11.5. The fourth-order valence-corrected chi connectivity index (χ4v) is 4.57. The average Bonchev–Trinajstić information content (AvgIpc) is 2.84. The molecule has 182 valence electrons. The molecule has 0 aliphatic carbocycles. The third-order valence-electron chi connectivity index (χ3n) is 4.90. The third kappa shape index (κ3) is 7.78. The van der Waals surface area contributed by atoms with Crippen LogP contribution in [0.5, 0.6) is 5.75 Å². The van der Waals surface area contributed by atoms with Crippen LogP contribution in [0.1, 0.15) is 16.7 Å². The van der Waals surface area contributed by atoms with E-state index in [-0.39, 0.29) is 11.4 Å². The molecule has 3 rings (SSSR count). The van der Waals surface area contributed by atoms with Crippen LogP contribution in [-0.2, 0) is 21.4 Å². The maximum atomic E-state index is 13.3. The monoisotopic (exact) mass is 511 g/mol. The summed E-state index contributed by atoms with van der Waals surface area (Å²) in [5.41, 5.74) is 4.94. The summed E-state index contributed by atoms with van der Waals surface area (Å²) in [5, 5.41) is 4.37. The van der Waals surface area contributed by atoms with Crippen molar-refractivity contribution in [2.45, 2.75) is 18.4 Å². The largest absolute Gasteiger partial charge is 0.490 e. The fraction of sp³-hybridized carbons (Fsp3) is 0.154. The lowest BCUT2D eigenvalue weighted by Gasteiger charge is -2.21. The first-order valence-corrected chi connectivity index (χ1v) is 12.6. The van der Waals surface area contributed by atoms with Gasteiger partial charge in [-0.1, -0.05) is 54.1 Å². The van der Waals surface area contributed by atoms with Crippen LogP contribution in [0.4, 0.5) is 0 Å². The minimum Gasteiger partial charge on any atom is -0.490 e. The zero-order valence-electron chi connectivity index (χ0n) is 19.2. The first kappa shape index (κ1) is 26.2. The van der Waals surface area contributed by atoms with E-state index in [0.717, 1.165) is 21.0 Å². The minimum atomic E-state index is -3.97. The summed E-state index contributed by atoms with van der Waals surface area (Å²) >= 11 is 5.91. The van der Waals surface area contributed by atoms with Gasteiger partial charge in [0.05, 0.1) is 17.7 Å². The lowest BCUT2D eigenvalue weighted by Crippen LogP contribution is -2.39. The standard InChI is InChI=1S/C26H26ClN3O4S/c1-3-16-34-24-12-8-21(9-13-24)17-28-29-26(31)19-30(18-22-6-4-20(2)5-7-22)35(32,33)25-14-10-23(27)11-15-25/h3-15,17H,1,16,18-19H2,2H3,(H,29,31)/b28-17-. The summed E-state index contributed by atoms with van der Waals surface area (Å²) in [6, 6.07) is 20.4. The molecule has 7 nitrogen and oxygen atoms in total. The van der Waals surface area contributed by atoms with Gasteiger partial charge in [-0.2, -0.15) is 9.41 Å². The maximum absolute atomic E-state index is 13.3. The fourth-order valence-electron chi connectivity index (χ4n) is 3.06. The Morgan fingerprint density at radius 2 is 1.71 bits per heavy atom. The van der Waals surface area contributed by atoms with Crippen LogP contribution in [0.2, 0.25) is 5.02 Å². The molecule has 3 aromatic rings. The highest BCUT2D eigenvalue weighted by molar-refractivity contribution is 7.89. The van der Waals surface area contributed by atoms with Gasteiger partial charge in [0.25, 0.3) is 5.91 Å². The molecule has 9 heteroatoms. The molecule has 0 heterocycles. The summed E-state index contributed by atoms with van der Waals surface area (Å²) in [6.07, 6.45) is 3.12. The van der Waals surface area contributed by atoms with Gasteiger partial charge in [-0.15, -0.1) is 0 Å². The van der Waals surface area contributed by atoms with E-state index in [1.54, 1.807) is 30.3 Å². The highest BCUT2D eigenvalue weighted by Gasteiger charge is 2.27. The predicted octanol–water partition coefficient (Wildman–Crippen LogP) is 4.55. The summed E-state index contributed by atoms with van der Waals surface area (Å²) in [6.45, 7) is 5.56. The Labute approximate surface area is 210 Å². The van der Waals surface area contributed by atoms with Crippen molar-refractivity contribution in [1.82, 2.24) is 9.73 Å². The minimum absolute atomic E-state index is 0.0224. The molecule has 0 unspecified atom stereocenters. The van der Waals surface area contributed by atoms with Crippen LogP contribution in [-0.4, -0.2) is 38.0 Å². The van der Waals surface area contributed by atoms with Gasteiger partial charge in [0.1, 0.15) is 12.4 Å². The van der Waals surface area contributed by atoms with Gasteiger partial charge in [-0.05, 0) is 66.6 Å². The topological polar surface area (TPSA) is 88.1 Å². The second-order valence-corrected chi connectivity index (χ2v) is 10.0. The number of nitrogens with zero attached hydrogens (tertiary/aromatic N) is 2. The first-order chi connectivity index (χ1) is 16.8. The predicted molar refractivity (Wildman–Crippen MR) is 138 cm³/mol. The van der Waals surface area contributed by atoms with Crippen LogP contribution in [0.3, 0.4) is 0 Å². The SMILES string of the molecule is C=CCOc1ccc(/C=N\NC(=O)CN(Cc2ccc(C)cc2)S(=O)(=O)c2ccc(Cl)cc2)cc1. The quantitative estimate of drug-likeness (QED) is 0.232. The van der Waals surface area contributed by atoms with Crippen molar-refractivity contribution in [1.29, 1.82) is 0 Å². The number of nitrogens with one attached hydrogen (secondary N) is 1. The van der Waals surface area contributed by atoms with Crippen molar-refractivity contribution < 1.29 is 17.9 Å². The van der Waals surface area contributed by atoms with Crippen molar-refractivity contribution in [3.63, 3.8) is 0 Å². The lowest BCUT2D eigenvalue weighted by molar-refractivity contribution is -0.121. The second-order valence-electron chi connectivity index (χ2n) is 7.67. The lowest BCUT2D eigenvalue weighted by atomic mass is 10.1. The number of rotatable bonds is 11. The number of carbonyl (C=O) groups excluding carboxylic acids is 1. The summed E-state index contributed by atoms with van der Waals surface area (Å²) < 4.78 is 33.1. The zero-order valence-corrected chi connectivity index (χ0v) is 20.8. The van der Waals surface area contributed by atoms with Gasteiger partial charge in [-0.3, -0.25) is 4.79 Å². The molecule has 0 fully saturated rings. The molecule has 0 saturated carbocycles. The van der Waals surface area contributed by atoms with E-state index in [9.17, 15) is 13.2 Å².